The summed E-state index contributed by atoms with van der Waals surface area (Å²) in [6.45, 7) is 1.93. The van der Waals surface area contributed by atoms with Crippen LogP contribution in [0.2, 0.25) is 0 Å². The summed E-state index contributed by atoms with van der Waals surface area (Å²) < 4.78 is 0. The Morgan fingerprint density at radius 1 is 1.18 bits per heavy atom. The quantitative estimate of drug-likeness (QED) is 0.459. The van der Waals surface area contributed by atoms with Crippen LogP contribution in [0.15, 0.2) is 60.3 Å². The highest BCUT2D eigenvalue weighted by molar-refractivity contribution is 6.06. The van der Waals surface area contributed by atoms with Gasteiger partial charge in [0.1, 0.15) is 11.6 Å². The van der Waals surface area contributed by atoms with Gasteiger partial charge in [0.15, 0.2) is 0 Å². The van der Waals surface area contributed by atoms with Crippen molar-refractivity contribution in [3.8, 4) is 6.07 Å². The van der Waals surface area contributed by atoms with Crippen LogP contribution in [0.4, 0.5) is 17.1 Å². The molecular weight excluding hydrogens is 276 g/mol. The number of nitrogens with zero attached hydrogens (tertiary/aromatic N) is 1. The summed E-state index contributed by atoms with van der Waals surface area (Å²) in [5.74, 6) is -0.462. The number of anilines is 3. The minimum absolute atomic E-state index is 0.0154. The molecule has 0 aliphatic rings. The summed E-state index contributed by atoms with van der Waals surface area (Å²) in [6.07, 6.45) is 1.37. The van der Waals surface area contributed by atoms with E-state index in [1.165, 1.54) is 6.20 Å². The Morgan fingerprint density at radius 2 is 1.91 bits per heavy atom. The van der Waals surface area contributed by atoms with E-state index in [2.05, 4.69) is 10.6 Å². The van der Waals surface area contributed by atoms with E-state index >= 15 is 0 Å². The van der Waals surface area contributed by atoms with Crippen molar-refractivity contribution >= 4 is 23.0 Å². The van der Waals surface area contributed by atoms with Gasteiger partial charge in [0.05, 0.1) is 0 Å². The zero-order valence-corrected chi connectivity index (χ0v) is 12.1. The van der Waals surface area contributed by atoms with E-state index in [4.69, 9.17) is 11.0 Å². The molecule has 0 saturated heterocycles. The van der Waals surface area contributed by atoms with Crippen LogP contribution < -0.4 is 16.4 Å². The molecule has 0 radical (unpaired) electrons. The number of nitriles is 1. The molecule has 2 rings (SSSR count). The van der Waals surface area contributed by atoms with Gasteiger partial charge in [-0.1, -0.05) is 12.1 Å². The van der Waals surface area contributed by atoms with Crippen LogP contribution in [0.25, 0.3) is 0 Å². The molecule has 4 N–H and O–H groups in total. The number of nitrogens with one attached hydrogen (secondary N) is 2. The standard InChI is InChI=1S/C17H16N4O/c1-12-3-2-4-16(9-12)21-17(22)13(10-18)11-20-15-7-5-14(19)6-8-15/h2-9,11,20H,19H2,1H3,(H,21,22)/b13-11-. The van der Waals surface area contributed by atoms with Gasteiger partial charge >= 0.3 is 0 Å². The molecule has 0 bridgehead atoms. The Balaban J connectivity index is 2.07. The highest BCUT2D eigenvalue weighted by Crippen LogP contribution is 2.13. The fourth-order valence-corrected chi connectivity index (χ4v) is 1.80. The number of amides is 1. The average Bonchev–Trinajstić information content (AvgIpc) is 2.49. The molecule has 0 atom stereocenters. The van der Waals surface area contributed by atoms with Crippen molar-refractivity contribution in [3.63, 3.8) is 0 Å². The smallest absolute Gasteiger partial charge is 0.267 e. The lowest BCUT2D eigenvalue weighted by Gasteiger charge is -2.06. The van der Waals surface area contributed by atoms with Gasteiger partial charge in [0, 0.05) is 23.3 Å². The van der Waals surface area contributed by atoms with E-state index in [0.717, 1.165) is 11.3 Å². The van der Waals surface area contributed by atoms with Crippen LogP contribution >= 0.6 is 0 Å². The molecule has 22 heavy (non-hydrogen) atoms. The fraction of sp³-hybridized carbons (Fsp3) is 0.0588. The minimum Gasteiger partial charge on any atom is -0.399 e. The molecule has 0 spiro atoms. The Hall–Kier alpha value is -3.26. The van der Waals surface area contributed by atoms with E-state index in [9.17, 15) is 4.79 Å². The van der Waals surface area contributed by atoms with Gasteiger partial charge in [-0.25, -0.2) is 0 Å². The van der Waals surface area contributed by atoms with Crippen LogP contribution in [-0.2, 0) is 4.79 Å². The zero-order valence-electron chi connectivity index (χ0n) is 12.1. The molecule has 0 heterocycles. The first kappa shape index (κ1) is 15.1. The average molecular weight is 292 g/mol. The molecule has 5 heteroatoms. The summed E-state index contributed by atoms with van der Waals surface area (Å²) >= 11 is 0. The van der Waals surface area contributed by atoms with Crippen molar-refractivity contribution in [1.82, 2.24) is 0 Å². The molecule has 2 aromatic rings. The Morgan fingerprint density at radius 3 is 2.55 bits per heavy atom. The van der Waals surface area contributed by atoms with Crippen molar-refractivity contribution in [3.05, 3.63) is 65.9 Å². The fourth-order valence-electron chi connectivity index (χ4n) is 1.80. The Bertz CT molecular complexity index is 742. The molecule has 0 aromatic heterocycles. The third kappa shape index (κ3) is 4.12. The van der Waals surface area contributed by atoms with Crippen LogP contribution in [0, 0.1) is 18.3 Å². The van der Waals surface area contributed by atoms with E-state index in [1.54, 1.807) is 30.3 Å². The maximum absolute atomic E-state index is 12.1. The van der Waals surface area contributed by atoms with Crippen molar-refractivity contribution in [1.29, 1.82) is 5.26 Å². The Kier molecular flexibility index (Phi) is 4.78. The summed E-state index contributed by atoms with van der Waals surface area (Å²) in [5, 5.41) is 14.7. The first-order chi connectivity index (χ1) is 10.6. The van der Waals surface area contributed by atoms with Crippen LogP contribution in [0.5, 0.6) is 0 Å². The summed E-state index contributed by atoms with van der Waals surface area (Å²) in [7, 11) is 0. The second-order valence-electron chi connectivity index (χ2n) is 4.76. The number of hydrogen-bond donors (Lipinski definition) is 3. The van der Waals surface area contributed by atoms with E-state index in [1.807, 2.05) is 31.2 Å². The lowest BCUT2D eigenvalue weighted by atomic mass is 10.2. The normalized spacial score (nSPS) is 10.6. The zero-order chi connectivity index (χ0) is 15.9. The predicted octanol–water partition coefficient (Wildman–Crippen LogP) is 3.04. The molecule has 0 saturated carbocycles. The van der Waals surface area contributed by atoms with Crippen molar-refractivity contribution in [2.45, 2.75) is 6.92 Å². The number of nitrogens with two attached hydrogens (primary N) is 1. The summed E-state index contributed by atoms with van der Waals surface area (Å²) in [5.41, 5.74) is 8.65. The van der Waals surface area contributed by atoms with Gasteiger partial charge in [0.25, 0.3) is 5.91 Å². The van der Waals surface area contributed by atoms with Crippen molar-refractivity contribution in [2.24, 2.45) is 0 Å². The maximum Gasteiger partial charge on any atom is 0.267 e. The number of benzene rings is 2. The monoisotopic (exact) mass is 292 g/mol. The minimum atomic E-state index is -0.462. The first-order valence-corrected chi connectivity index (χ1v) is 6.69. The van der Waals surface area contributed by atoms with Crippen LogP contribution in [-0.4, -0.2) is 5.91 Å². The molecule has 0 aliphatic heterocycles. The number of rotatable bonds is 4. The summed E-state index contributed by atoms with van der Waals surface area (Å²) in [6, 6.07) is 16.2. The highest BCUT2D eigenvalue weighted by Gasteiger charge is 2.09. The lowest BCUT2D eigenvalue weighted by molar-refractivity contribution is -0.112. The molecule has 2 aromatic carbocycles. The predicted molar refractivity (Wildman–Crippen MR) is 88.0 cm³/mol. The highest BCUT2D eigenvalue weighted by atomic mass is 16.1. The molecular formula is C17H16N4O. The molecule has 110 valence electrons. The second-order valence-corrected chi connectivity index (χ2v) is 4.76. The van der Waals surface area contributed by atoms with E-state index in [0.29, 0.717) is 11.4 Å². The van der Waals surface area contributed by atoms with Gasteiger partial charge in [-0.15, -0.1) is 0 Å². The number of carbonyl (C=O) groups excluding carboxylic acids is 1. The molecule has 0 unspecified atom stereocenters. The van der Waals surface area contributed by atoms with Gasteiger partial charge in [-0.3, -0.25) is 4.79 Å². The van der Waals surface area contributed by atoms with Crippen LogP contribution in [0.1, 0.15) is 5.56 Å². The maximum atomic E-state index is 12.1. The van der Waals surface area contributed by atoms with Crippen LogP contribution in [0.3, 0.4) is 0 Å². The van der Waals surface area contributed by atoms with Gasteiger partial charge in [-0.2, -0.15) is 5.26 Å². The largest absolute Gasteiger partial charge is 0.399 e. The number of hydrogen-bond acceptors (Lipinski definition) is 4. The second kappa shape index (κ2) is 6.95. The van der Waals surface area contributed by atoms with Crippen molar-refractivity contribution in [2.75, 3.05) is 16.4 Å². The number of aryl methyl sites for hydroxylation is 1. The first-order valence-electron chi connectivity index (χ1n) is 6.69. The third-order valence-corrected chi connectivity index (χ3v) is 2.93. The molecule has 0 fully saturated rings. The number of carbonyl (C=O) groups is 1. The molecule has 1 amide bonds. The summed E-state index contributed by atoms with van der Waals surface area (Å²) in [4.78, 5) is 12.1. The van der Waals surface area contributed by atoms with E-state index < -0.39 is 5.91 Å². The van der Waals surface area contributed by atoms with Gasteiger partial charge < -0.3 is 16.4 Å². The molecule has 0 aliphatic carbocycles. The Labute approximate surface area is 129 Å². The third-order valence-electron chi connectivity index (χ3n) is 2.93. The van der Waals surface area contributed by atoms with E-state index in [-0.39, 0.29) is 5.57 Å². The van der Waals surface area contributed by atoms with Crippen molar-refractivity contribution < 1.29 is 4.79 Å². The van der Waals surface area contributed by atoms with Gasteiger partial charge in [0.2, 0.25) is 0 Å². The topological polar surface area (TPSA) is 90.9 Å². The lowest BCUT2D eigenvalue weighted by Crippen LogP contribution is -2.14. The molecule has 5 nitrogen and oxygen atoms in total. The van der Waals surface area contributed by atoms with Gasteiger partial charge in [-0.05, 0) is 48.9 Å². The number of nitrogen functional groups attached to an aromatic ring is 1. The SMILES string of the molecule is Cc1cccc(NC(=O)/C(C#N)=C\Nc2ccc(N)cc2)c1.